The van der Waals surface area contributed by atoms with E-state index in [9.17, 15) is 0 Å². The third-order valence-electron chi connectivity index (χ3n) is 4.87. The number of nitrogens with zero attached hydrogens (tertiary/aromatic N) is 4. The van der Waals surface area contributed by atoms with Gasteiger partial charge in [-0.1, -0.05) is 44.2 Å². The monoisotopic (exact) mass is 353 g/mol. The molecule has 2 atom stereocenters. The molecule has 1 fully saturated rings. The molecule has 1 aliphatic rings. The average Bonchev–Trinajstić information content (AvgIpc) is 3.05. The molecule has 1 aromatic carbocycles. The van der Waals surface area contributed by atoms with E-state index in [0.29, 0.717) is 18.4 Å². The van der Waals surface area contributed by atoms with Crippen LogP contribution in [0.2, 0.25) is 0 Å². The van der Waals surface area contributed by atoms with Gasteiger partial charge < -0.3 is 14.8 Å². The van der Waals surface area contributed by atoms with Gasteiger partial charge in [-0.15, -0.1) is 0 Å². The fraction of sp³-hybridized carbons (Fsp3) is 0.524. The fourth-order valence-corrected chi connectivity index (χ4v) is 3.82. The molecule has 1 N–H and O–H groups in total. The Kier molecular flexibility index (Phi) is 6.31. The Morgan fingerprint density at radius 1 is 1.19 bits per heavy atom. The number of aliphatic imine (C=N–C) groups is 1. The van der Waals surface area contributed by atoms with Crippen LogP contribution in [-0.2, 0) is 13.1 Å². The van der Waals surface area contributed by atoms with Crippen molar-refractivity contribution >= 4 is 5.96 Å². The van der Waals surface area contributed by atoms with Gasteiger partial charge in [0.2, 0.25) is 0 Å². The second-order valence-electron chi connectivity index (χ2n) is 7.48. The number of hydrogen-bond donors (Lipinski definition) is 1. The minimum absolute atomic E-state index is 0.599. The molecule has 2 aromatic rings. The minimum Gasteiger partial charge on any atom is -0.357 e. The number of benzene rings is 1. The van der Waals surface area contributed by atoms with Crippen LogP contribution in [0.3, 0.4) is 0 Å². The number of hydrogen-bond acceptors (Lipinski definition) is 2. The van der Waals surface area contributed by atoms with E-state index in [0.717, 1.165) is 38.0 Å². The van der Waals surface area contributed by atoms with Crippen LogP contribution in [0, 0.1) is 11.8 Å². The van der Waals surface area contributed by atoms with Crippen molar-refractivity contribution in [3.8, 4) is 0 Å². The highest BCUT2D eigenvalue weighted by Crippen LogP contribution is 2.21. The predicted molar refractivity (Wildman–Crippen MR) is 107 cm³/mol. The Hall–Kier alpha value is -2.30. The predicted octanol–water partition coefficient (Wildman–Crippen LogP) is 3.37. The molecule has 1 aromatic heterocycles. The molecular formula is C21H31N5. The second-order valence-corrected chi connectivity index (χ2v) is 7.48. The minimum atomic E-state index is 0.599. The van der Waals surface area contributed by atoms with Gasteiger partial charge in [0.1, 0.15) is 12.4 Å². The van der Waals surface area contributed by atoms with Gasteiger partial charge in [-0.2, -0.15) is 0 Å². The summed E-state index contributed by atoms with van der Waals surface area (Å²) in [5, 5.41) is 3.46. The first-order valence-corrected chi connectivity index (χ1v) is 9.73. The molecule has 0 amide bonds. The Morgan fingerprint density at radius 3 is 2.62 bits per heavy atom. The van der Waals surface area contributed by atoms with Crippen LogP contribution in [0.4, 0.5) is 0 Å². The summed E-state index contributed by atoms with van der Waals surface area (Å²) in [7, 11) is 0. The third-order valence-corrected chi connectivity index (χ3v) is 4.87. The number of nitrogens with one attached hydrogen (secondary N) is 1. The molecule has 5 heteroatoms. The lowest BCUT2D eigenvalue weighted by molar-refractivity contribution is 0.208. The Labute approximate surface area is 157 Å². The number of aromatic nitrogens is 2. The van der Waals surface area contributed by atoms with Gasteiger partial charge >= 0.3 is 0 Å². The van der Waals surface area contributed by atoms with Crippen molar-refractivity contribution < 1.29 is 0 Å². The van der Waals surface area contributed by atoms with Crippen LogP contribution >= 0.6 is 0 Å². The van der Waals surface area contributed by atoms with E-state index in [1.54, 1.807) is 0 Å². The van der Waals surface area contributed by atoms with Crippen molar-refractivity contribution in [3.63, 3.8) is 0 Å². The maximum absolute atomic E-state index is 4.90. The van der Waals surface area contributed by atoms with Crippen LogP contribution in [0.25, 0.3) is 0 Å². The summed E-state index contributed by atoms with van der Waals surface area (Å²) in [5.74, 6) is 3.44. The molecule has 2 heterocycles. The highest BCUT2D eigenvalue weighted by molar-refractivity contribution is 5.80. The molecule has 0 saturated carbocycles. The first kappa shape index (κ1) is 18.5. The van der Waals surface area contributed by atoms with Crippen molar-refractivity contribution in [2.24, 2.45) is 16.8 Å². The zero-order chi connectivity index (χ0) is 18.4. The van der Waals surface area contributed by atoms with Crippen LogP contribution in [0.15, 0.2) is 47.7 Å². The van der Waals surface area contributed by atoms with Crippen molar-refractivity contribution in [2.45, 2.75) is 40.3 Å². The van der Waals surface area contributed by atoms with E-state index in [2.05, 4.69) is 64.8 Å². The van der Waals surface area contributed by atoms with Gasteiger partial charge in [-0.25, -0.2) is 9.98 Å². The first-order chi connectivity index (χ1) is 12.7. The number of likely N-dealkylation sites (tertiary alicyclic amines) is 1. The summed E-state index contributed by atoms with van der Waals surface area (Å²) >= 11 is 0. The van der Waals surface area contributed by atoms with Crippen molar-refractivity contribution in [2.75, 3.05) is 19.6 Å². The highest BCUT2D eigenvalue weighted by Gasteiger charge is 2.24. The molecule has 1 saturated heterocycles. The Balaban J connectivity index is 1.71. The molecule has 0 radical (unpaired) electrons. The van der Waals surface area contributed by atoms with E-state index in [1.807, 2.05) is 18.5 Å². The van der Waals surface area contributed by atoms with Crippen molar-refractivity contribution in [1.82, 2.24) is 19.8 Å². The molecular weight excluding hydrogens is 322 g/mol. The average molecular weight is 354 g/mol. The number of piperidine rings is 1. The van der Waals surface area contributed by atoms with E-state index < -0.39 is 0 Å². The smallest absolute Gasteiger partial charge is 0.194 e. The van der Waals surface area contributed by atoms with Gasteiger partial charge in [0.05, 0.1) is 0 Å². The normalized spacial score (nSPS) is 21.0. The fourth-order valence-electron chi connectivity index (χ4n) is 3.82. The number of rotatable bonds is 5. The zero-order valence-corrected chi connectivity index (χ0v) is 16.2. The molecule has 5 nitrogen and oxygen atoms in total. The van der Waals surface area contributed by atoms with Crippen LogP contribution in [0.1, 0.15) is 38.6 Å². The van der Waals surface area contributed by atoms with Crippen LogP contribution in [0.5, 0.6) is 0 Å². The maximum atomic E-state index is 4.90. The molecule has 3 rings (SSSR count). The number of guanidine groups is 1. The molecule has 140 valence electrons. The molecule has 2 unspecified atom stereocenters. The Bertz CT molecular complexity index is 696. The zero-order valence-electron chi connectivity index (χ0n) is 16.2. The van der Waals surface area contributed by atoms with Crippen LogP contribution in [-0.4, -0.2) is 40.0 Å². The standard InChI is InChI=1S/C21H31N5/c1-4-22-21(26-14-17(2)12-18(3)15-26)24-13-20-23-10-11-25(20)16-19-8-6-5-7-9-19/h5-11,17-18H,4,12-16H2,1-3H3,(H,22,24). The van der Waals surface area contributed by atoms with Gasteiger partial charge in [0.25, 0.3) is 0 Å². The van der Waals surface area contributed by atoms with E-state index >= 15 is 0 Å². The summed E-state index contributed by atoms with van der Waals surface area (Å²) < 4.78 is 2.18. The highest BCUT2D eigenvalue weighted by atomic mass is 15.3. The lowest BCUT2D eigenvalue weighted by atomic mass is 9.92. The SMILES string of the molecule is CCNC(=NCc1nccn1Cc1ccccc1)N1CC(C)CC(C)C1. The molecule has 0 bridgehead atoms. The molecule has 1 aliphatic heterocycles. The topological polar surface area (TPSA) is 45.5 Å². The van der Waals surface area contributed by atoms with Crippen molar-refractivity contribution in [1.29, 1.82) is 0 Å². The van der Waals surface area contributed by atoms with Crippen LogP contribution < -0.4 is 5.32 Å². The lowest BCUT2D eigenvalue weighted by Crippen LogP contribution is -2.48. The molecule has 0 aliphatic carbocycles. The Morgan fingerprint density at radius 2 is 1.92 bits per heavy atom. The summed E-state index contributed by atoms with van der Waals surface area (Å²) in [4.78, 5) is 11.8. The van der Waals surface area contributed by atoms with Gasteiger partial charge in [0.15, 0.2) is 5.96 Å². The number of imidazole rings is 1. The van der Waals surface area contributed by atoms with Gasteiger partial charge in [-0.05, 0) is 30.7 Å². The summed E-state index contributed by atoms with van der Waals surface area (Å²) in [6.07, 6.45) is 5.21. The van der Waals surface area contributed by atoms with Gasteiger partial charge in [0, 0.05) is 38.6 Å². The summed E-state index contributed by atoms with van der Waals surface area (Å²) in [6.45, 7) is 11.3. The van der Waals surface area contributed by atoms with E-state index in [1.165, 1.54) is 12.0 Å². The quantitative estimate of drug-likeness (QED) is 0.662. The second kappa shape index (κ2) is 8.88. The summed E-state index contributed by atoms with van der Waals surface area (Å²) in [5.41, 5.74) is 1.28. The van der Waals surface area contributed by atoms with Gasteiger partial charge in [-0.3, -0.25) is 0 Å². The van der Waals surface area contributed by atoms with Crippen molar-refractivity contribution in [3.05, 3.63) is 54.1 Å². The lowest BCUT2D eigenvalue weighted by Gasteiger charge is -2.37. The maximum Gasteiger partial charge on any atom is 0.194 e. The largest absolute Gasteiger partial charge is 0.357 e. The molecule has 26 heavy (non-hydrogen) atoms. The molecule has 0 spiro atoms. The van der Waals surface area contributed by atoms with E-state index in [4.69, 9.17) is 4.99 Å². The first-order valence-electron chi connectivity index (χ1n) is 9.73. The summed E-state index contributed by atoms with van der Waals surface area (Å²) in [6, 6.07) is 10.5. The van der Waals surface area contributed by atoms with E-state index in [-0.39, 0.29) is 0 Å². The third kappa shape index (κ3) is 4.87.